The number of aryl methyl sites for hydroxylation is 1. The molecule has 0 spiro atoms. The summed E-state index contributed by atoms with van der Waals surface area (Å²) in [6.07, 6.45) is -3.21. The summed E-state index contributed by atoms with van der Waals surface area (Å²) in [5.74, 6) is -2.19. The maximum absolute atomic E-state index is 12.4. The van der Waals surface area contributed by atoms with Gasteiger partial charge in [-0.05, 0) is 12.5 Å². The molecule has 0 aliphatic rings. The molecule has 1 atom stereocenters. The number of nitrogens with one attached hydrogen (secondary N) is 1. The Hall–Kier alpha value is -2.35. The Labute approximate surface area is 141 Å². The van der Waals surface area contributed by atoms with Crippen LogP contribution in [0.15, 0.2) is 30.3 Å². The Bertz CT molecular complexity index is 719. The molecule has 5 nitrogen and oxygen atoms in total. The number of amides is 1. The molecule has 2 aromatic rings. The molecule has 2 N–H and O–H groups in total. The minimum atomic E-state index is -2.82. The van der Waals surface area contributed by atoms with Gasteiger partial charge in [0.1, 0.15) is 10.9 Å². The summed E-state index contributed by atoms with van der Waals surface area (Å²) < 4.78 is 24.8. The second kappa shape index (κ2) is 7.96. The number of rotatable bonds is 7. The van der Waals surface area contributed by atoms with Gasteiger partial charge in [-0.2, -0.15) is 0 Å². The van der Waals surface area contributed by atoms with Crippen LogP contribution in [0, 0.1) is 6.92 Å². The number of hydrogen-bond acceptors (Lipinski definition) is 4. The zero-order valence-electron chi connectivity index (χ0n) is 12.8. The largest absolute Gasteiger partial charge is 0.480 e. The first-order valence-corrected chi connectivity index (χ1v) is 8.00. The van der Waals surface area contributed by atoms with Crippen molar-refractivity contribution in [1.82, 2.24) is 10.3 Å². The topological polar surface area (TPSA) is 79.3 Å². The number of carboxylic acid groups (broad SMARTS) is 1. The molecule has 0 bridgehead atoms. The van der Waals surface area contributed by atoms with Gasteiger partial charge in [-0.15, -0.1) is 11.3 Å². The lowest BCUT2D eigenvalue weighted by atomic mass is 10.2. The van der Waals surface area contributed by atoms with E-state index in [0.29, 0.717) is 17.1 Å². The van der Waals surface area contributed by atoms with E-state index in [4.69, 9.17) is 5.11 Å². The highest BCUT2D eigenvalue weighted by Crippen LogP contribution is 2.21. The van der Waals surface area contributed by atoms with Crippen LogP contribution in [0.4, 0.5) is 8.78 Å². The summed E-state index contributed by atoms with van der Waals surface area (Å²) >= 11 is 1.13. The van der Waals surface area contributed by atoms with Crippen molar-refractivity contribution in [3.63, 3.8) is 0 Å². The predicted octanol–water partition coefficient (Wildman–Crippen LogP) is 2.88. The number of carbonyl (C=O) groups excluding carboxylic acids is 1. The van der Waals surface area contributed by atoms with E-state index in [9.17, 15) is 18.4 Å². The van der Waals surface area contributed by atoms with Crippen LogP contribution >= 0.6 is 11.3 Å². The Balaban J connectivity index is 2.10. The monoisotopic (exact) mass is 354 g/mol. The molecule has 2 rings (SSSR count). The van der Waals surface area contributed by atoms with Crippen LogP contribution in [0.5, 0.6) is 0 Å². The van der Waals surface area contributed by atoms with E-state index in [1.807, 2.05) is 30.3 Å². The molecule has 1 aromatic heterocycles. The van der Waals surface area contributed by atoms with Crippen molar-refractivity contribution in [3.8, 4) is 0 Å². The fourth-order valence-corrected chi connectivity index (χ4v) is 3.13. The highest BCUT2D eigenvalue weighted by atomic mass is 32.1. The number of benzene rings is 1. The SMILES string of the molecule is Cc1nc(Cc2ccccc2)sc1C(=O)NC(CC(F)F)C(=O)O. The molecule has 1 heterocycles. The van der Waals surface area contributed by atoms with Gasteiger partial charge in [0.2, 0.25) is 6.43 Å². The molecule has 0 saturated heterocycles. The van der Waals surface area contributed by atoms with Crippen LogP contribution in [0.25, 0.3) is 0 Å². The minimum absolute atomic E-state index is 0.237. The molecule has 24 heavy (non-hydrogen) atoms. The van der Waals surface area contributed by atoms with Gasteiger partial charge in [0.15, 0.2) is 0 Å². The summed E-state index contributed by atoms with van der Waals surface area (Å²) in [4.78, 5) is 27.7. The van der Waals surface area contributed by atoms with Gasteiger partial charge in [-0.1, -0.05) is 30.3 Å². The minimum Gasteiger partial charge on any atom is -0.480 e. The zero-order valence-corrected chi connectivity index (χ0v) is 13.6. The standard InChI is InChI=1S/C16H16F2N2O3S/c1-9-14(15(21)20-11(16(22)23)8-12(17)18)24-13(19-9)7-10-5-3-2-4-6-10/h2-6,11-12H,7-8H2,1H3,(H,20,21)(H,22,23). The van der Waals surface area contributed by atoms with Crippen LogP contribution in [-0.4, -0.2) is 34.4 Å². The molecule has 1 aromatic carbocycles. The molecule has 8 heteroatoms. The Morgan fingerprint density at radius 1 is 1.29 bits per heavy atom. The van der Waals surface area contributed by atoms with Crippen molar-refractivity contribution in [1.29, 1.82) is 0 Å². The Morgan fingerprint density at radius 3 is 2.54 bits per heavy atom. The predicted molar refractivity (Wildman–Crippen MR) is 85.6 cm³/mol. The van der Waals surface area contributed by atoms with Crippen LogP contribution in [0.3, 0.4) is 0 Å². The van der Waals surface area contributed by atoms with Crippen molar-refractivity contribution >= 4 is 23.2 Å². The Morgan fingerprint density at radius 2 is 1.96 bits per heavy atom. The highest BCUT2D eigenvalue weighted by Gasteiger charge is 2.26. The number of nitrogens with zero attached hydrogens (tertiary/aromatic N) is 1. The molecular weight excluding hydrogens is 338 g/mol. The van der Waals surface area contributed by atoms with E-state index in [0.717, 1.165) is 16.9 Å². The van der Waals surface area contributed by atoms with Crippen molar-refractivity contribution in [3.05, 3.63) is 51.5 Å². The van der Waals surface area contributed by atoms with Gasteiger partial charge in [-0.25, -0.2) is 18.6 Å². The Kier molecular flexibility index (Phi) is 5.97. The lowest BCUT2D eigenvalue weighted by molar-refractivity contribution is -0.140. The quantitative estimate of drug-likeness (QED) is 0.801. The summed E-state index contributed by atoms with van der Waals surface area (Å²) in [7, 11) is 0. The summed E-state index contributed by atoms with van der Waals surface area (Å²) in [5.41, 5.74) is 1.48. The average Bonchev–Trinajstić information content (AvgIpc) is 2.87. The van der Waals surface area contributed by atoms with Crippen LogP contribution in [0.1, 0.15) is 32.4 Å². The number of aliphatic carboxylic acids is 1. The third kappa shape index (κ3) is 4.82. The summed E-state index contributed by atoms with van der Waals surface area (Å²) in [6, 6.07) is 7.91. The van der Waals surface area contributed by atoms with Crippen LogP contribution in [0.2, 0.25) is 0 Å². The zero-order chi connectivity index (χ0) is 17.7. The van der Waals surface area contributed by atoms with Gasteiger partial charge in [0, 0.05) is 12.8 Å². The van der Waals surface area contributed by atoms with E-state index in [-0.39, 0.29) is 4.88 Å². The molecule has 0 aliphatic carbocycles. The first kappa shape index (κ1) is 18.0. The van der Waals surface area contributed by atoms with E-state index in [1.54, 1.807) is 6.92 Å². The van der Waals surface area contributed by atoms with Crippen molar-refractivity contribution < 1.29 is 23.5 Å². The lowest BCUT2D eigenvalue weighted by Crippen LogP contribution is -2.41. The van der Waals surface area contributed by atoms with Gasteiger partial charge >= 0.3 is 5.97 Å². The van der Waals surface area contributed by atoms with E-state index in [1.165, 1.54) is 0 Å². The molecule has 0 radical (unpaired) electrons. The lowest BCUT2D eigenvalue weighted by Gasteiger charge is -2.13. The van der Waals surface area contributed by atoms with Crippen LogP contribution in [-0.2, 0) is 11.2 Å². The van der Waals surface area contributed by atoms with Gasteiger partial charge in [-0.3, -0.25) is 4.79 Å². The van der Waals surface area contributed by atoms with Crippen molar-refractivity contribution in [2.45, 2.75) is 32.2 Å². The van der Waals surface area contributed by atoms with Crippen molar-refractivity contribution in [2.24, 2.45) is 0 Å². The second-order valence-corrected chi connectivity index (χ2v) is 6.26. The molecule has 0 aliphatic heterocycles. The molecule has 1 unspecified atom stereocenters. The molecule has 0 fully saturated rings. The third-order valence-electron chi connectivity index (χ3n) is 3.26. The van der Waals surface area contributed by atoms with Crippen LogP contribution < -0.4 is 5.32 Å². The van der Waals surface area contributed by atoms with Gasteiger partial charge in [0.05, 0.1) is 10.7 Å². The smallest absolute Gasteiger partial charge is 0.326 e. The van der Waals surface area contributed by atoms with E-state index >= 15 is 0 Å². The molecule has 0 saturated carbocycles. The number of halogens is 2. The number of hydrogen-bond donors (Lipinski definition) is 2. The fraction of sp³-hybridized carbons (Fsp3) is 0.312. The number of carbonyl (C=O) groups is 2. The van der Waals surface area contributed by atoms with Gasteiger partial charge < -0.3 is 10.4 Å². The van der Waals surface area contributed by atoms with E-state index in [2.05, 4.69) is 10.3 Å². The fourth-order valence-electron chi connectivity index (χ4n) is 2.13. The van der Waals surface area contributed by atoms with E-state index < -0.39 is 30.8 Å². The summed E-state index contributed by atoms with van der Waals surface area (Å²) in [6.45, 7) is 1.63. The molecule has 1 amide bonds. The second-order valence-electron chi connectivity index (χ2n) is 5.18. The number of thiazole rings is 1. The first-order chi connectivity index (χ1) is 11.4. The maximum Gasteiger partial charge on any atom is 0.326 e. The third-order valence-corrected chi connectivity index (χ3v) is 4.42. The maximum atomic E-state index is 12.4. The number of aromatic nitrogens is 1. The highest BCUT2D eigenvalue weighted by molar-refractivity contribution is 7.13. The first-order valence-electron chi connectivity index (χ1n) is 7.19. The number of carboxylic acids is 1. The molecule has 128 valence electrons. The van der Waals surface area contributed by atoms with Crippen molar-refractivity contribution in [2.75, 3.05) is 0 Å². The number of alkyl halides is 2. The van der Waals surface area contributed by atoms with Gasteiger partial charge in [0.25, 0.3) is 5.91 Å². The average molecular weight is 354 g/mol. The summed E-state index contributed by atoms with van der Waals surface area (Å²) in [5, 5.41) is 11.8. The normalized spacial score (nSPS) is 12.2. The molecular formula is C16H16F2N2O3S.